The number of hydroxylamine groups is 2. The van der Waals surface area contributed by atoms with E-state index in [9.17, 15) is 0 Å². The van der Waals surface area contributed by atoms with Crippen LogP contribution in [-0.2, 0) is 24.6 Å². The topological polar surface area (TPSA) is 60.2 Å². The molecule has 1 saturated heterocycles. The second-order valence-electron chi connectivity index (χ2n) is 12.0. The minimum atomic E-state index is 0.219. The first-order valence-corrected chi connectivity index (χ1v) is 15.9. The molecule has 1 fully saturated rings. The Labute approximate surface area is 261 Å². The number of likely N-dealkylation sites (tertiary alicyclic amines) is 1. The zero-order valence-corrected chi connectivity index (χ0v) is 26.1. The lowest BCUT2D eigenvalue weighted by atomic mass is 9.96. The van der Waals surface area contributed by atoms with Gasteiger partial charge in [0.05, 0.1) is 23.4 Å². The van der Waals surface area contributed by atoms with Gasteiger partial charge in [0.2, 0.25) is 0 Å². The highest BCUT2D eigenvalue weighted by Gasteiger charge is 2.31. The molecule has 230 valence electrons. The molecule has 3 heterocycles. The van der Waals surface area contributed by atoms with Crippen LogP contribution < -0.4 is 9.47 Å². The van der Waals surface area contributed by atoms with Crippen molar-refractivity contribution in [3.63, 3.8) is 0 Å². The van der Waals surface area contributed by atoms with Gasteiger partial charge in [-0.3, -0.25) is 4.90 Å². The van der Waals surface area contributed by atoms with E-state index in [1.807, 2.05) is 47.5 Å². The lowest BCUT2D eigenvalue weighted by Gasteiger charge is -2.25. The quantitative estimate of drug-likeness (QED) is 0.165. The molecule has 1 aromatic heterocycles. The van der Waals surface area contributed by atoms with Crippen molar-refractivity contribution in [3.8, 4) is 11.5 Å². The smallest absolute Gasteiger partial charge is 0.168 e. The summed E-state index contributed by atoms with van der Waals surface area (Å²) in [5, 5.41) is 6.42. The summed E-state index contributed by atoms with van der Waals surface area (Å²) < 4.78 is 19.0. The van der Waals surface area contributed by atoms with E-state index in [-0.39, 0.29) is 5.92 Å². The van der Waals surface area contributed by atoms with E-state index in [1.54, 1.807) is 0 Å². The lowest BCUT2D eigenvalue weighted by molar-refractivity contribution is -0.0557. The Kier molecular flexibility index (Phi) is 9.64. The first-order valence-electron chi connectivity index (χ1n) is 15.9. The Morgan fingerprint density at radius 3 is 2.11 bits per heavy atom. The number of hydrogen-bond donors (Lipinski definition) is 0. The van der Waals surface area contributed by atoms with Crippen LogP contribution in [0.5, 0.6) is 11.5 Å². The van der Waals surface area contributed by atoms with Gasteiger partial charge in [-0.2, -0.15) is 0 Å². The van der Waals surface area contributed by atoms with Gasteiger partial charge in [-0.15, -0.1) is 5.06 Å². The third-order valence-electron chi connectivity index (χ3n) is 8.33. The predicted molar refractivity (Wildman–Crippen MR) is 173 cm³/mol. The number of likely N-dealkylation sites (N-methyl/N-ethyl adjacent to an activating group) is 1. The lowest BCUT2D eigenvalue weighted by Crippen LogP contribution is -2.29. The number of hydrogen-bond acceptors (Lipinski definition) is 7. The highest BCUT2D eigenvalue weighted by molar-refractivity contribution is 5.90. The summed E-state index contributed by atoms with van der Waals surface area (Å²) in [6.45, 7) is 11.7. The van der Waals surface area contributed by atoms with E-state index in [2.05, 4.69) is 67.2 Å². The fraction of sp³-hybridized carbons (Fsp3) is 0.378. The Hall–Kier alpha value is -4.07. The van der Waals surface area contributed by atoms with Crippen LogP contribution in [0.3, 0.4) is 0 Å². The van der Waals surface area contributed by atoms with E-state index in [1.165, 1.54) is 19.3 Å². The van der Waals surface area contributed by atoms with Crippen LogP contribution in [0.15, 0.2) is 83.4 Å². The van der Waals surface area contributed by atoms with Crippen LogP contribution in [0.25, 0.3) is 11.3 Å². The molecule has 0 N–H and O–H groups in total. The van der Waals surface area contributed by atoms with E-state index < -0.39 is 0 Å². The van der Waals surface area contributed by atoms with E-state index >= 15 is 0 Å². The fourth-order valence-corrected chi connectivity index (χ4v) is 5.84. The van der Waals surface area contributed by atoms with Gasteiger partial charge in [-0.05, 0) is 61.5 Å². The maximum absolute atomic E-state index is 6.56. The SMILES string of the molecule is CCN1CC(c2cc(CN3CCCCC3)no2)=C(c2cc(C(C)C)c(OCc3ccccc3)cc2OCc2ccccc2)O1. The van der Waals surface area contributed by atoms with Crippen LogP contribution >= 0.6 is 0 Å². The molecule has 7 nitrogen and oxygen atoms in total. The van der Waals surface area contributed by atoms with Crippen LogP contribution in [0.2, 0.25) is 0 Å². The van der Waals surface area contributed by atoms with E-state index in [0.29, 0.717) is 25.5 Å². The van der Waals surface area contributed by atoms with Crippen molar-refractivity contribution in [1.82, 2.24) is 15.1 Å². The van der Waals surface area contributed by atoms with Crippen molar-refractivity contribution in [3.05, 3.63) is 113 Å². The summed E-state index contributed by atoms with van der Waals surface area (Å²) in [6, 6.07) is 26.7. The van der Waals surface area contributed by atoms with Gasteiger partial charge < -0.3 is 18.8 Å². The molecule has 6 rings (SSSR count). The summed E-state index contributed by atoms with van der Waals surface area (Å²) in [4.78, 5) is 8.97. The number of nitrogens with zero attached hydrogens (tertiary/aromatic N) is 3. The number of rotatable bonds is 12. The van der Waals surface area contributed by atoms with Crippen molar-refractivity contribution < 1.29 is 18.8 Å². The molecule has 0 aliphatic carbocycles. The molecule has 0 amide bonds. The van der Waals surface area contributed by atoms with Gasteiger partial charge in [0, 0.05) is 25.2 Å². The van der Waals surface area contributed by atoms with Crippen LogP contribution in [0, 0.1) is 0 Å². The summed E-state index contributed by atoms with van der Waals surface area (Å²) in [6.07, 6.45) is 3.80. The Balaban J connectivity index is 1.38. The fourth-order valence-electron chi connectivity index (χ4n) is 5.84. The summed E-state index contributed by atoms with van der Waals surface area (Å²) in [7, 11) is 0. The molecule has 3 aromatic carbocycles. The molecule has 0 saturated carbocycles. The van der Waals surface area contributed by atoms with Gasteiger partial charge in [0.25, 0.3) is 0 Å². The summed E-state index contributed by atoms with van der Waals surface area (Å²) in [5.74, 6) is 3.22. The number of aromatic nitrogens is 1. The minimum Gasteiger partial charge on any atom is -0.488 e. The molecule has 0 spiro atoms. The zero-order chi connectivity index (χ0) is 30.3. The summed E-state index contributed by atoms with van der Waals surface area (Å²) >= 11 is 0. The molecule has 0 atom stereocenters. The Bertz CT molecular complexity index is 1540. The largest absolute Gasteiger partial charge is 0.488 e. The molecular weight excluding hydrogens is 550 g/mol. The van der Waals surface area contributed by atoms with E-state index in [4.69, 9.17) is 18.8 Å². The average molecular weight is 594 g/mol. The van der Waals surface area contributed by atoms with Gasteiger partial charge in [0.15, 0.2) is 11.5 Å². The molecule has 0 radical (unpaired) electrons. The second kappa shape index (κ2) is 14.1. The van der Waals surface area contributed by atoms with Gasteiger partial charge in [-0.25, -0.2) is 0 Å². The molecule has 2 aliphatic heterocycles. The zero-order valence-electron chi connectivity index (χ0n) is 26.1. The Morgan fingerprint density at radius 1 is 0.818 bits per heavy atom. The third-order valence-corrected chi connectivity index (χ3v) is 8.33. The number of piperidine rings is 1. The van der Waals surface area contributed by atoms with Gasteiger partial charge in [0.1, 0.15) is 24.7 Å². The molecule has 0 bridgehead atoms. The minimum absolute atomic E-state index is 0.219. The predicted octanol–water partition coefficient (Wildman–Crippen LogP) is 8.08. The highest BCUT2D eigenvalue weighted by Crippen LogP contribution is 2.43. The highest BCUT2D eigenvalue weighted by atomic mass is 16.7. The second-order valence-corrected chi connectivity index (χ2v) is 12.0. The molecular formula is C37H43N3O4. The van der Waals surface area contributed by atoms with Crippen LogP contribution in [0.1, 0.15) is 79.7 Å². The molecule has 0 unspecified atom stereocenters. The number of benzene rings is 3. The van der Waals surface area contributed by atoms with Crippen molar-refractivity contribution in [2.45, 2.75) is 65.7 Å². The maximum Gasteiger partial charge on any atom is 0.168 e. The molecule has 4 aromatic rings. The molecule has 7 heteroatoms. The normalized spacial score (nSPS) is 16.0. The third kappa shape index (κ3) is 7.17. The van der Waals surface area contributed by atoms with Crippen LogP contribution in [0.4, 0.5) is 0 Å². The first kappa shape index (κ1) is 30.0. The molecule has 2 aliphatic rings. The van der Waals surface area contributed by atoms with Crippen molar-refractivity contribution in [1.29, 1.82) is 0 Å². The average Bonchev–Trinajstić information content (AvgIpc) is 3.71. The molecule has 44 heavy (non-hydrogen) atoms. The van der Waals surface area contributed by atoms with Gasteiger partial charge >= 0.3 is 0 Å². The first-order chi connectivity index (χ1) is 21.6. The maximum atomic E-state index is 6.56. The Morgan fingerprint density at radius 2 is 1.48 bits per heavy atom. The monoisotopic (exact) mass is 593 g/mol. The van der Waals surface area contributed by atoms with Crippen molar-refractivity contribution in [2.75, 3.05) is 26.2 Å². The van der Waals surface area contributed by atoms with Gasteiger partial charge in [-0.1, -0.05) is 86.1 Å². The van der Waals surface area contributed by atoms with Crippen molar-refractivity contribution in [2.24, 2.45) is 0 Å². The summed E-state index contributed by atoms with van der Waals surface area (Å²) in [5.41, 5.74) is 6.12. The van der Waals surface area contributed by atoms with Crippen LogP contribution in [-0.4, -0.2) is 41.3 Å². The number of ether oxygens (including phenoxy) is 2. The van der Waals surface area contributed by atoms with E-state index in [0.717, 1.165) is 77.0 Å². The standard InChI is InChI=1S/C37H43N3O4/c1-4-40-24-33(36-20-30(38-43-36)23-39-18-12-7-13-19-39)37(44-40)32-21-31(27(2)3)34(41-25-28-14-8-5-9-15-28)22-35(32)42-26-29-16-10-6-11-17-29/h5-6,8-11,14-17,20-22,27H,4,7,12-13,18-19,23-26H2,1-3H3. The van der Waals surface area contributed by atoms with Crippen molar-refractivity contribution >= 4 is 11.3 Å².